The number of imidazole rings is 1. The van der Waals surface area contributed by atoms with Crippen LogP contribution in [0.3, 0.4) is 0 Å². The number of hydrogen-bond acceptors (Lipinski definition) is 0. The van der Waals surface area contributed by atoms with E-state index in [0.717, 1.165) is 13.0 Å². The van der Waals surface area contributed by atoms with Crippen molar-refractivity contribution < 1.29 is 4.57 Å². The van der Waals surface area contributed by atoms with Gasteiger partial charge >= 0.3 is 0 Å². The van der Waals surface area contributed by atoms with E-state index >= 15 is 0 Å². The first-order chi connectivity index (χ1) is 12.8. The van der Waals surface area contributed by atoms with Crippen molar-refractivity contribution in [2.24, 2.45) is 0 Å². The molecule has 0 spiro atoms. The van der Waals surface area contributed by atoms with Crippen LogP contribution in [0.25, 0.3) is 0 Å². The van der Waals surface area contributed by atoms with Crippen LogP contribution in [-0.4, -0.2) is 4.57 Å². The summed E-state index contributed by atoms with van der Waals surface area (Å²) in [6.45, 7) is 9.09. The van der Waals surface area contributed by atoms with Crippen molar-refractivity contribution in [3.05, 3.63) is 18.2 Å². The van der Waals surface area contributed by atoms with Gasteiger partial charge in [0.2, 0.25) is 0 Å². The van der Waals surface area contributed by atoms with E-state index in [4.69, 9.17) is 0 Å². The minimum Gasteiger partial charge on any atom is -0.235 e. The van der Waals surface area contributed by atoms with Crippen molar-refractivity contribution in [2.45, 2.75) is 137 Å². The Kier molecular flexibility index (Phi) is 14.7. The van der Waals surface area contributed by atoms with Crippen molar-refractivity contribution >= 4 is 0 Å². The minimum absolute atomic E-state index is 1.09. The lowest BCUT2D eigenvalue weighted by molar-refractivity contribution is -0.704. The molecule has 0 atom stereocenters. The number of rotatable bonds is 18. The SMILES string of the molecule is CCCCCCCCCCCCCCCCC[n+]1ccn(CC)c1CC. The van der Waals surface area contributed by atoms with Crippen molar-refractivity contribution in [1.29, 1.82) is 0 Å². The van der Waals surface area contributed by atoms with Crippen LogP contribution >= 0.6 is 0 Å². The van der Waals surface area contributed by atoms with Crippen LogP contribution in [0.4, 0.5) is 0 Å². The molecular formula is C24H47N2+. The highest BCUT2D eigenvalue weighted by Gasteiger charge is 2.12. The Labute approximate surface area is 164 Å². The number of aromatic nitrogens is 2. The molecule has 0 aromatic carbocycles. The van der Waals surface area contributed by atoms with Crippen LogP contribution in [-0.2, 0) is 19.5 Å². The van der Waals surface area contributed by atoms with Gasteiger partial charge in [0, 0.05) is 6.42 Å². The van der Waals surface area contributed by atoms with Crippen LogP contribution in [0.5, 0.6) is 0 Å². The molecule has 0 aliphatic heterocycles. The first-order valence-electron chi connectivity index (χ1n) is 11.9. The first-order valence-corrected chi connectivity index (χ1v) is 11.9. The second kappa shape index (κ2) is 16.4. The number of hydrogen-bond donors (Lipinski definition) is 0. The van der Waals surface area contributed by atoms with Crippen LogP contribution < -0.4 is 4.57 Å². The fourth-order valence-electron chi connectivity index (χ4n) is 4.05. The van der Waals surface area contributed by atoms with Gasteiger partial charge in [-0.05, 0) is 19.8 Å². The third kappa shape index (κ3) is 10.4. The molecule has 0 aliphatic carbocycles. The summed E-state index contributed by atoms with van der Waals surface area (Å²) in [4.78, 5) is 0. The van der Waals surface area contributed by atoms with E-state index in [9.17, 15) is 0 Å². The van der Waals surface area contributed by atoms with Crippen molar-refractivity contribution in [2.75, 3.05) is 0 Å². The summed E-state index contributed by atoms with van der Waals surface area (Å²) in [5, 5.41) is 0. The molecule has 1 aromatic heterocycles. The zero-order chi connectivity index (χ0) is 18.9. The van der Waals surface area contributed by atoms with Crippen LogP contribution in [0.15, 0.2) is 12.4 Å². The summed E-state index contributed by atoms with van der Waals surface area (Å²) >= 11 is 0. The van der Waals surface area contributed by atoms with Gasteiger partial charge in [-0.2, -0.15) is 0 Å². The lowest BCUT2D eigenvalue weighted by Gasteiger charge is -2.04. The number of aryl methyl sites for hydroxylation is 2. The molecule has 0 unspecified atom stereocenters. The van der Waals surface area contributed by atoms with Crippen molar-refractivity contribution in [3.8, 4) is 0 Å². The molecule has 152 valence electrons. The largest absolute Gasteiger partial charge is 0.256 e. The molecule has 0 amide bonds. The Balaban J connectivity index is 1.86. The van der Waals surface area contributed by atoms with E-state index < -0.39 is 0 Å². The highest BCUT2D eigenvalue weighted by Crippen LogP contribution is 2.13. The van der Waals surface area contributed by atoms with Gasteiger partial charge in [0.1, 0.15) is 12.4 Å². The lowest BCUT2D eigenvalue weighted by Crippen LogP contribution is -2.37. The summed E-state index contributed by atoms with van der Waals surface area (Å²) < 4.78 is 4.84. The first kappa shape index (κ1) is 23.2. The summed E-state index contributed by atoms with van der Waals surface area (Å²) in [7, 11) is 0. The molecule has 0 N–H and O–H groups in total. The summed E-state index contributed by atoms with van der Waals surface area (Å²) in [6, 6.07) is 0. The molecule has 0 radical (unpaired) electrons. The molecule has 2 heteroatoms. The maximum absolute atomic E-state index is 2.46. The highest BCUT2D eigenvalue weighted by atomic mass is 15.1. The Morgan fingerprint density at radius 3 is 1.54 bits per heavy atom. The molecule has 26 heavy (non-hydrogen) atoms. The third-order valence-electron chi connectivity index (χ3n) is 5.75. The molecule has 1 aromatic rings. The average molecular weight is 364 g/mol. The predicted octanol–water partition coefficient (Wildman–Crippen LogP) is 7.23. The maximum atomic E-state index is 2.46. The number of unbranched alkanes of at least 4 members (excludes halogenated alkanes) is 14. The van der Waals surface area contributed by atoms with E-state index in [1.54, 1.807) is 0 Å². The molecule has 0 saturated carbocycles. The normalized spacial score (nSPS) is 11.3. The molecule has 0 bridgehead atoms. The molecule has 1 heterocycles. The second-order valence-corrected chi connectivity index (χ2v) is 8.00. The lowest BCUT2D eigenvalue weighted by atomic mass is 10.0. The minimum atomic E-state index is 1.09. The van der Waals surface area contributed by atoms with Crippen LogP contribution in [0.1, 0.15) is 123 Å². The molecular weight excluding hydrogens is 316 g/mol. The Morgan fingerprint density at radius 2 is 1.12 bits per heavy atom. The fourth-order valence-corrected chi connectivity index (χ4v) is 4.05. The van der Waals surface area contributed by atoms with Crippen molar-refractivity contribution in [3.63, 3.8) is 0 Å². The Hall–Kier alpha value is -0.790. The van der Waals surface area contributed by atoms with E-state index in [1.165, 1.54) is 109 Å². The van der Waals surface area contributed by atoms with Gasteiger partial charge in [-0.1, -0.05) is 97.3 Å². The Morgan fingerprint density at radius 1 is 0.654 bits per heavy atom. The number of nitrogens with zero attached hydrogens (tertiary/aromatic N) is 2. The van der Waals surface area contributed by atoms with Gasteiger partial charge in [-0.25, -0.2) is 9.13 Å². The van der Waals surface area contributed by atoms with E-state index in [0.29, 0.717) is 0 Å². The monoisotopic (exact) mass is 363 g/mol. The second-order valence-electron chi connectivity index (χ2n) is 8.00. The Bertz CT molecular complexity index is 422. The van der Waals surface area contributed by atoms with Gasteiger partial charge in [0.15, 0.2) is 0 Å². The molecule has 0 aliphatic rings. The predicted molar refractivity (Wildman–Crippen MR) is 115 cm³/mol. The van der Waals surface area contributed by atoms with Gasteiger partial charge in [0.25, 0.3) is 5.82 Å². The van der Waals surface area contributed by atoms with Crippen molar-refractivity contribution in [1.82, 2.24) is 4.57 Å². The van der Waals surface area contributed by atoms with E-state index in [1.807, 2.05) is 0 Å². The molecule has 0 saturated heterocycles. The topological polar surface area (TPSA) is 8.81 Å². The molecule has 2 nitrogen and oxygen atoms in total. The zero-order valence-electron chi connectivity index (χ0n) is 18.3. The van der Waals surface area contributed by atoms with Gasteiger partial charge < -0.3 is 0 Å². The standard InChI is InChI=1S/C24H47N2/c1-4-7-8-9-10-11-12-13-14-15-16-17-18-19-20-21-26-23-22-25(6-3)24(26)5-2/h22-23H,4-21H2,1-3H3/q+1. The summed E-state index contributed by atoms with van der Waals surface area (Å²) in [5.41, 5.74) is 0. The van der Waals surface area contributed by atoms with Gasteiger partial charge in [-0.3, -0.25) is 0 Å². The van der Waals surface area contributed by atoms with Gasteiger partial charge in [0.05, 0.1) is 13.1 Å². The van der Waals surface area contributed by atoms with E-state index in [-0.39, 0.29) is 0 Å². The van der Waals surface area contributed by atoms with Crippen LogP contribution in [0.2, 0.25) is 0 Å². The fraction of sp³-hybridized carbons (Fsp3) is 0.875. The van der Waals surface area contributed by atoms with E-state index in [2.05, 4.69) is 42.3 Å². The molecule has 0 fully saturated rings. The van der Waals surface area contributed by atoms with Crippen LogP contribution in [0, 0.1) is 0 Å². The average Bonchev–Trinajstić information content (AvgIpc) is 3.06. The van der Waals surface area contributed by atoms with Gasteiger partial charge in [-0.15, -0.1) is 0 Å². The highest BCUT2D eigenvalue weighted by molar-refractivity contribution is 4.82. The maximum Gasteiger partial charge on any atom is 0.256 e. The third-order valence-corrected chi connectivity index (χ3v) is 5.75. The smallest absolute Gasteiger partial charge is 0.235 e. The zero-order valence-corrected chi connectivity index (χ0v) is 18.3. The molecule has 1 rings (SSSR count). The quantitative estimate of drug-likeness (QED) is 0.192. The summed E-state index contributed by atoms with van der Waals surface area (Å²) in [6.07, 6.45) is 27.2. The summed E-state index contributed by atoms with van der Waals surface area (Å²) in [5.74, 6) is 1.48.